The molecule has 20 heavy (non-hydrogen) atoms. The molecular weight excluding hydrogens is 282 g/mol. The Kier molecular flexibility index (Phi) is 4.81. The van der Waals surface area contributed by atoms with E-state index >= 15 is 0 Å². The standard InChI is InChI=1S/C13H16ClN3O3/c14-9-1-2-10(11(18)7-9)13(20)16-8-12(19)17-5-3-15-4-6-17/h1-2,7,15,18H,3-6,8H2,(H,16,20). The highest BCUT2D eigenvalue weighted by molar-refractivity contribution is 6.30. The quantitative estimate of drug-likeness (QED) is 0.745. The smallest absolute Gasteiger partial charge is 0.255 e. The average Bonchev–Trinajstić information content (AvgIpc) is 2.45. The van der Waals surface area contributed by atoms with Crippen LogP contribution < -0.4 is 10.6 Å². The number of aromatic hydroxyl groups is 1. The highest BCUT2D eigenvalue weighted by Crippen LogP contribution is 2.21. The number of hydrogen-bond donors (Lipinski definition) is 3. The number of phenolic OH excluding ortho intramolecular Hbond substituents is 1. The molecular formula is C13H16ClN3O3. The molecule has 1 heterocycles. The van der Waals surface area contributed by atoms with E-state index in [-0.39, 0.29) is 23.8 Å². The Hall–Kier alpha value is -1.79. The lowest BCUT2D eigenvalue weighted by molar-refractivity contribution is -0.130. The van der Waals surface area contributed by atoms with Gasteiger partial charge in [-0.05, 0) is 18.2 Å². The Balaban J connectivity index is 1.89. The van der Waals surface area contributed by atoms with E-state index in [4.69, 9.17) is 11.6 Å². The van der Waals surface area contributed by atoms with Crippen LogP contribution in [0.4, 0.5) is 0 Å². The van der Waals surface area contributed by atoms with Crippen molar-refractivity contribution in [3.05, 3.63) is 28.8 Å². The molecule has 0 aromatic heterocycles. The second-order valence-electron chi connectivity index (χ2n) is 4.47. The Labute approximate surface area is 121 Å². The zero-order valence-corrected chi connectivity index (χ0v) is 11.6. The molecule has 0 atom stereocenters. The van der Waals surface area contributed by atoms with E-state index in [9.17, 15) is 14.7 Å². The van der Waals surface area contributed by atoms with E-state index in [1.54, 1.807) is 4.90 Å². The summed E-state index contributed by atoms with van der Waals surface area (Å²) in [5.74, 6) is -0.833. The van der Waals surface area contributed by atoms with Crippen LogP contribution in [0.25, 0.3) is 0 Å². The Bertz CT molecular complexity index is 516. The number of amides is 2. The molecule has 1 saturated heterocycles. The summed E-state index contributed by atoms with van der Waals surface area (Å²) < 4.78 is 0. The number of phenols is 1. The van der Waals surface area contributed by atoms with Crippen molar-refractivity contribution in [3.63, 3.8) is 0 Å². The summed E-state index contributed by atoms with van der Waals surface area (Å²) in [7, 11) is 0. The normalized spacial score (nSPS) is 14.9. The molecule has 1 aromatic rings. The fraction of sp³-hybridized carbons (Fsp3) is 0.385. The van der Waals surface area contributed by atoms with Crippen molar-refractivity contribution in [2.45, 2.75) is 0 Å². The molecule has 0 radical (unpaired) electrons. The molecule has 0 bridgehead atoms. The average molecular weight is 298 g/mol. The predicted octanol–water partition coefficient (Wildman–Crippen LogP) is 0.207. The fourth-order valence-electron chi connectivity index (χ4n) is 1.97. The number of halogens is 1. The zero-order valence-electron chi connectivity index (χ0n) is 10.9. The van der Waals surface area contributed by atoms with Crippen LogP contribution in [0.2, 0.25) is 5.02 Å². The lowest BCUT2D eigenvalue weighted by Crippen LogP contribution is -2.49. The third-order valence-corrected chi connectivity index (χ3v) is 3.31. The molecule has 1 fully saturated rings. The third-order valence-electron chi connectivity index (χ3n) is 3.07. The molecule has 2 rings (SSSR count). The van der Waals surface area contributed by atoms with E-state index in [1.807, 2.05) is 0 Å². The second-order valence-corrected chi connectivity index (χ2v) is 4.91. The van der Waals surface area contributed by atoms with Crippen LogP contribution in [0.3, 0.4) is 0 Å². The lowest BCUT2D eigenvalue weighted by atomic mass is 10.2. The van der Waals surface area contributed by atoms with Gasteiger partial charge < -0.3 is 20.6 Å². The van der Waals surface area contributed by atoms with Gasteiger partial charge in [-0.3, -0.25) is 9.59 Å². The van der Waals surface area contributed by atoms with Crippen LogP contribution in [0.15, 0.2) is 18.2 Å². The first-order valence-corrected chi connectivity index (χ1v) is 6.71. The maximum atomic E-state index is 11.9. The van der Waals surface area contributed by atoms with E-state index in [1.165, 1.54) is 18.2 Å². The monoisotopic (exact) mass is 297 g/mol. The molecule has 1 aliphatic rings. The maximum absolute atomic E-state index is 11.9. The van der Waals surface area contributed by atoms with Crippen molar-refractivity contribution < 1.29 is 14.7 Å². The molecule has 6 nitrogen and oxygen atoms in total. The fourth-order valence-corrected chi connectivity index (χ4v) is 2.14. The Morgan fingerprint density at radius 3 is 2.70 bits per heavy atom. The van der Waals surface area contributed by atoms with Crippen molar-refractivity contribution >= 4 is 23.4 Å². The van der Waals surface area contributed by atoms with Gasteiger partial charge in [0.15, 0.2) is 0 Å². The molecule has 7 heteroatoms. The van der Waals surface area contributed by atoms with Gasteiger partial charge in [-0.1, -0.05) is 11.6 Å². The Morgan fingerprint density at radius 2 is 2.05 bits per heavy atom. The molecule has 3 N–H and O–H groups in total. The molecule has 0 saturated carbocycles. The van der Waals surface area contributed by atoms with Crippen LogP contribution in [-0.2, 0) is 4.79 Å². The molecule has 0 spiro atoms. The predicted molar refractivity (Wildman–Crippen MR) is 74.9 cm³/mol. The molecule has 108 valence electrons. The van der Waals surface area contributed by atoms with Gasteiger partial charge in [0.1, 0.15) is 5.75 Å². The van der Waals surface area contributed by atoms with Gasteiger partial charge in [0.25, 0.3) is 5.91 Å². The van der Waals surface area contributed by atoms with Gasteiger partial charge in [0.2, 0.25) is 5.91 Å². The molecule has 1 aliphatic heterocycles. The van der Waals surface area contributed by atoms with Gasteiger partial charge in [-0.15, -0.1) is 0 Å². The van der Waals surface area contributed by atoms with E-state index < -0.39 is 5.91 Å². The summed E-state index contributed by atoms with van der Waals surface area (Å²) in [6.07, 6.45) is 0. The van der Waals surface area contributed by atoms with Gasteiger partial charge in [-0.25, -0.2) is 0 Å². The summed E-state index contributed by atoms with van der Waals surface area (Å²) in [6, 6.07) is 4.21. The molecule has 1 aromatic carbocycles. The number of benzene rings is 1. The summed E-state index contributed by atoms with van der Waals surface area (Å²) in [4.78, 5) is 25.4. The van der Waals surface area contributed by atoms with Crippen molar-refractivity contribution in [3.8, 4) is 5.75 Å². The number of nitrogens with zero attached hydrogens (tertiary/aromatic N) is 1. The summed E-state index contributed by atoms with van der Waals surface area (Å²) in [5.41, 5.74) is 0.0995. The van der Waals surface area contributed by atoms with E-state index in [0.717, 1.165) is 13.1 Å². The third kappa shape index (κ3) is 3.61. The first-order chi connectivity index (χ1) is 9.58. The van der Waals surface area contributed by atoms with Crippen molar-refractivity contribution in [2.24, 2.45) is 0 Å². The van der Waals surface area contributed by atoms with Gasteiger partial charge in [0, 0.05) is 31.2 Å². The van der Waals surface area contributed by atoms with Crippen molar-refractivity contribution in [2.75, 3.05) is 32.7 Å². The zero-order chi connectivity index (χ0) is 14.5. The second kappa shape index (κ2) is 6.58. The number of carbonyl (C=O) groups excluding carboxylic acids is 2. The lowest BCUT2D eigenvalue weighted by Gasteiger charge is -2.27. The SMILES string of the molecule is O=C(NCC(=O)N1CCNCC1)c1ccc(Cl)cc1O. The largest absolute Gasteiger partial charge is 0.507 e. The highest BCUT2D eigenvalue weighted by Gasteiger charge is 2.18. The van der Waals surface area contributed by atoms with Gasteiger partial charge in [-0.2, -0.15) is 0 Å². The maximum Gasteiger partial charge on any atom is 0.255 e. The number of carbonyl (C=O) groups is 2. The minimum atomic E-state index is -0.498. The van der Waals surface area contributed by atoms with Crippen LogP contribution >= 0.6 is 11.6 Å². The number of rotatable bonds is 3. The van der Waals surface area contributed by atoms with Crippen molar-refractivity contribution in [1.29, 1.82) is 0 Å². The van der Waals surface area contributed by atoms with Crippen molar-refractivity contribution in [1.82, 2.24) is 15.5 Å². The van der Waals surface area contributed by atoms with Gasteiger partial charge in [0.05, 0.1) is 12.1 Å². The van der Waals surface area contributed by atoms with Crippen LogP contribution in [0, 0.1) is 0 Å². The summed E-state index contributed by atoms with van der Waals surface area (Å²) in [6.45, 7) is 2.72. The first kappa shape index (κ1) is 14.6. The topological polar surface area (TPSA) is 81.7 Å². The molecule has 0 unspecified atom stereocenters. The van der Waals surface area contributed by atoms with Gasteiger partial charge >= 0.3 is 0 Å². The minimum absolute atomic E-state index is 0.0824. The molecule has 2 amide bonds. The number of hydrogen-bond acceptors (Lipinski definition) is 4. The van der Waals surface area contributed by atoms with Crippen LogP contribution in [-0.4, -0.2) is 54.5 Å². The van der Waals surface area contributed by atoms with Crippen LogP contribution in [0.5, 0.6) is 5.75 Å². The molecule has 0 aliphatic carbocycles. The minimum Gasteiger partial charge on any atom is -0.507 e. The number of nitrogens with one attached hydrogen (secondary N) is 2. The highest BCUT2D eigenvalue weighted by atomic mass is 35.5. The summed E-state index contributed by atoms with van der Waals surface area (Å²) >= 11 is 5.69. The van der Waals surface area contributed by atoms with Crippen LogP contribution in [0.1, 0.15) is 10.4 Å². The number of piperazine rings is 1. The summed E-state index contributed by atoms with van der Waals surface area (Å²) in [5, 5.41) is 15.6. The van der Waals surface area contributed by atoms with E-state index in [0.29, 0.717) is 18.1 Å². The first-order valence-electron chi connectivity index (χ1n) is 6.33. The van der Waals surface area contributed by atoms with E-state index in [2.05, 4.69) is 10.6 Å². The Morgan fingerprint density at radius 1 is 1.35 bits per heavy atom.